The van der Waals surface area contributed by atoms with Gasteiger partial charge in [0, 0.05) is 61.5 Å². The number of pyridine rings is 1. The van der Waals surface area contributed by atoms with Crippen LogP contribution in [0.3, 0.4) is 0 Å². The molecule has 298 valence electrons. The van der Waals surface area contributed by atoms with Gasteiger partial charge in [-0.05, 0) is 62.9 Å². The van der Waals surface area contributed by atoms with E-state index in [1.807, 2.05) is 56.3 Å². The summed E-state index contributed by atoms with van der Waals surface area (Å²) in [7, 11) is 0. The summed E-state index contributed by atoms with van der Waals surface area (Å²) < 4.78 is 48.5. The van der Waals surface area contributed by atoms with Crippen LogP contribution in [-0.2, 0) is 11.3 Å². The lowest BCUT2D eigenvalue weighted by molar-refractivity contribution is -0.274. The van der Waals surface area contributed by atoms with Gasteiger partial charge in [-0.15, -0.1) is 24.5 Å². The molecule has 0 saturated carbocycles. The van der Waals surface area contributed by atoms with E-state index in [2.05, 4.69) is 19.7 Å². The van der Waals surface area contributed by atoms with Crippen molar-refractivity contribution in [3.8, 4) is 28.0 Å². The number of halogens is 3. The fourth-order valence-corrected chi connectivity index (χ4v) is 8.33. The molecule has 0 radical (unpaired) electrons. The number of piperidine rings is 2. The minimum atomic E-state index is -4.90. The zero-order chi connectivity index (χ0) is 40.5. The summed E-state index contributed by atoms with van der Waals surface area (Å²) in [4.78, 5) is 58.6. The van der Waals surface area contributed by atoms with Crippen LogP contribution < -0.4 is 20.8 Å². The average Bonchev–Trinajstić information content (AvgIpc) is 3.58. The van der Waals surface area contributed by atoms with E-state index in [4.69, 9.17) is 10.5 Å². The number of rotatable bonds is 9. The highest BCUT2D eigenvalue weighted by Crippen LogP contribution is 2.38. The van der Waals surface area contributed by atoms with Crippen molar-refractivity contribution >= 4 is 28.8 Å². The van der Waals surface area contributed by atoms with Crippen LogP contribution in [-0.4, -0.2) is 84.4 Å². The predicted octanol–water partition coefficient (Wildman–Crippen LogP) is 5.95. The molecule has 17 heteroatoms. The number of nitrogens with zero attached hydrogens (tertiary/aromatic N) is 6. The van der Waals surface area contributed by atoms with Crippen LogP contribution in [0, 0.1) is 19.8 Å². The molecule has 0 unspecified atom stereocenters. The molecule has 0 bridgehead atoms. The van der Waals surface area contributed by atoms with Crippen LogP contribution in [0.5, 0.6) is 17.4 Å². The van der Waals surface area contributed by atoms with Crippen LogP contribution in [0.2, 0.25) is 0 Å². The van der Waals surface area contributed by atoms with Gasteiger partial charge in [-0.3, -0.25) is 23.9 Å². The molecule has 2 aliphatic heterocycles. The third-order valence-corrected chi connectivity index (χ3v) is 11.5. The van der Waals surface area contributed by atoms with E-state index in [-0.39, 0.29) is 61.8 Å². The van der Waals surface area contributed by atoms with Gasteiger partial charge in [-0.1, -0.05) is 36.4 Å². The zero-order valence-corrected chi connectivity index (χ0v) is 31.9. The first-order chi connectivity index (χ1) is 27.2. The molecule has 7 rings (SSSR count). The van der Waals surface area contributed by atoms with Crippen molar-refractivity contribution in [2.75, 3.05) is 31.9 Å². The van der Waals surface area contributed by atoms with Gasteiger partial charge >= 0.3 is 6.36 Å². The van der Waals surface area contributed by atoms with E-state index in [0.29, 0.717) is 30.1 Å². The molecule has 0 spiro atoms. The summed E-state index contributed by atoms with van der Waals surface area (Å²) in [5.74, 6) is -1.78. The number of hydrogen-bond donors (Lipinski definition) is 2. The first-order valence-corrected chi connectivity index (χ1v) is 19.1. The lowest BCUT2D eigenvalue weighted by atomic mass is 9.79. The van der Waals surface area contributed by atoms with E-state index >= 15 is 0 Å². The van der Waals surface area contributed by atoms with Gasteiger partial charge in [-0.2, -0.15) is 0 Å². The Kier molecular flexibility index (Phi) is 11.0. The van der Waals surface area contributed by atoms with Crippen molar-refractivity contribution in [1.82, 2.24) is 29.3 Å². The Hall–Kier alpha value is -5.81. The van der Waals surface area contributed by atoms with Crippen LogP contribution >= 0.6 is 11.3 Å². The number of ether oxygens (including phenoxy) is 2. The number of carbonyl (C=O) groups is 2. The highest BCUT2D eigenvalue weighted by Gasteiger charge is 2.42. The second-order valence-electron chi connectivity index (χ2n) is 14.4. The maximum absolute atomic E-state index is 14.2. The molecule has 2 saturated heterocycles. The molecule has 2 atom stereocenters. The number of anilines is 1. The van der Waals surface area contributed by atoms with Gasteiger partial charge in [-0.25, -0.2) is 9.97 Å². The predicted molar refractivity (Wildman–Crippen MR) is 205 cm³/mol. The van der Waals surface area contributed by atoms with Crippen molar-refractivity contribution in [3.05, 3.63) is 111 Å². The number of alkyl halides is 3. The zero-order valence-electron chi connectivity index (χ0n) is 31.1. The van der Waals surface area contributed by atoms with Crippen molar-refractivity contribution < 1.29 is 37.3 Å². The third-order valence-electron chi connectivity index (χ3n) is 10.4. The first-order valence-electron chi connectivity index (χ1n) is 18.3. The fourth-order valence-electron chi connectivity index (χ4n) is 7.31. The van der Waals surface area contributed by atoms with E-state index in [1.165, 1.54) is 23.5 Å². The van der Waals surface area contributed by atoms with Crippen LogP contribution in [0.4, 0.5) is 18.9 Å². The number of likely N-dealkylation sites (tertiary alicyclic amines) is 2. The van der Waals surface area contributed by atoms with Crippen molar-refractivity contribution in [2.24, 2.45) is 5.92 Å². The lowest BCUT2D eigenvalue weighted by Gasteiger charge is -2.43. The Balaban J connectivity index is 1.00. The standard InChI is InChI=1S/C40H40F3N7O6S/c1-24-11-12-27(20-45-24)35-47-25(2)33(57-35)38(53)49-16-13-30(31(21-49)26-7-4-3-5-8-26)36(51)48-17-14-39(54,15-18-48)22-50-23-46-34(32(44)37(50)52)55-28-9-6-10-29(19-28)56-40(41,42)43/h3-12,19-20,23,30-31,54H,13-18,21-22,44H2,1-2H3/t30-,31+/m1/s1. The smallest absolute Gasteiger partial charge is 0.437 e. The monoisotopic (exact) mass is 803 g/mol. The Morgan fingerprint density at radius 1 is 0.982 bits per heavy atom. The van der Waals surface area contributed by atoms with Crippen LogP contribution in [0.25, 0.3) is 10.6 Å². The quantitative estimate of drug-likeness (QED) is 0.182. The normalized spacial score (nSPS) is 18.3. The lowest BCUT2D eigenvalue weighted by Crippen LogP contribution is -2.53. The van der Waals surface area contributed by atoms with Gasteiger partial charge in [0.15, 0.2) is 5.69 Å². The molecule has 3 N–H and O–H groups in total. The molecular formula is C40H40F3N7O6S. The Morgan fingerprint density at radius 2 is 1.72 bits per heavy atom. The highest BCUT2D eigenvalue weighted by atomic mass is 32.1. The SMILES string of the molecule is Cc1ccc(-c2nc(C)c(C(=O)N3CC[C@@H](C(=O)N4CCC(O)(Cn5cnc(Oc6cccc(OC(F)(F)F)c6)c(N)c5=O)CC4)[C@H](c4ccccc4)C3)s2)cn1. The minimum Gasteiger partial charge on any atom is -0.437 e. The number of nitrogens with two attached hydrogens (primary N) is 1. The largest absolute Gasteiger partial charge is 0.573 e. The maximum Gasteiger partial charge on any atom is 0.573 e. The van der Waals surface area contributed by atoms with Gasteiger partial charge < -0.3 is 30.1 Å². The summed E-state index contributed by atoms with van der Waals surface area (Å²) >= 11 is 1.34. The van der Waals surface area contributed by atoms with Crippen LogP contribution in [0.1, 0.15) is 51.8 Å². The second-order valence-corrected chi connectivity index (χ2v) is 15.4. The molecular weight excluding hydrogens is 764 g/mol. The second kappa shape index (κ2) is 16.0. The molecule has 57 heavy (non-hydrogen) atoms. The summed E-state index contributed by atoms with van der Waals surface area (Å²) in [6.45, 7) is 4.78. The summed E-state index contributed by atoms with van der Waals surface area (Å²) in [5.41, 5.74) is 6.88. The van der Waals surface area contributed by atoms with E-state index in [1.54, 1.807) is 16.0 Å². The molecule has 5 heterocycles. The van der Waals surface area contributed by atoms with Crippen molar-refractivity contribution in [2.45, 2.75) is 57.5 Å². The molecule has 2 aliphatic rings. The van der Waals surface area contributed by atoms with E-state index in [0.717, 1.165) is 44.9 Å². The highest BCUT2D eigenvalue weighted by molar-refractivity contribution is 7.17. The molecule has 3 aromatic heterocycles. The van der Waals surface area contributed by atoms with Crippen LogP contribution in [0.15, 0.2) is 84.0 Å². The molecule has 2 fully saturated rings. The molecule has 13 nitrogen and oxygen atoms in total. The molecule has 5 aromatic rings. The molecule has 2 amide bonds. The maximum atomic E-state index is 14.2. The fraction of sp³-hybridized carbons (Fsp3) is 0.350. The molecule has 2 aromatic carbocycles. The summed E-state index contributed by atoms with van der Waals surface area (Å²) in [6.07, 6.45) is -1.21. The number of aryl methyl sites for hydroxylation is 2. The number of aromatic nitrogens is 4. The summed E-state index contributed by atoms with van der Waals surface area (Å²) in [5, 5.41) is 12.3. The minimum absolute atomic E-state index is 0.0598. The van der Waals surface area contributed by atoms with Gasteiger partial charge in [0.25, 0.3) is 11.5 Å². The van der Waals surface area contributed by atoms with Gasteiger partial charge in [0.1, 0.15) is 27.7 Å². The average molecular weight is 804 g/mol. The first kappa shape index (κ1) is 39.4. The van der Waals surface area contributed by atoms with E-state index in [9.17, 15) is 32.7 Å². The number of amides is 2. The number of carbonyl (C=O) groups excluding carboxylic acids is 2. The topological polar surface area (TPSA) is 166 Å². The van der Waals surface area contributed by atoms with Crippen molar-refractivity contribution in [3.63, 3.8) is 0 Å². The van der Waals surface area contributed by atoms with Gasteiger partial charge in [0.2, 0.25) is 11.8 Å². The Labute approximate surface area is 329 Å². The number of aliphatic hydroxyl groups is 1. The summed E-state index contributed by atoms with van der Waals surface area (Å²) in [6, 6.07) is 18.2. The third kappa shape index (κ3) is 8.94. The Morgan fingerprint density at radius 3 is 2.42 bits per heavy atom. The Bertz CT molecular complexity index is 2310. The van der Waals surface area contributed by atoms with E-state index < -0.39 is 34.9 Å². The molecule has 0 aliphatic carbocycles. The number of benzene rings is 2. The van der Waals surface area contributed by atoms with Crippen molar-refractivity contribution in [1.29, 1.82) is 0 Å². The number of hydrogen-bond acceptors (Lipinski definition) is 11. The van der Waals surface area contributed by atoms with Gasteiger partial charge in [0.05, 0.1) is 17.8 Å². The number of nitrogen functional groups attached to an aromatic ring is 1. The number of thiazole rings is 1.